The Morgan fingerprint density at radius 2 is 2.00 bits per heavy atom. The summed E-state index contributed by atoms with van der Waals surface area (Å²) in [6, 6.07) is 18.8. The van der Waals surface area contributed by atoms with Gasteiger partial charge in [-0.05, 0) is 35.7 Å². The van der Waals surface area contributed by atoms with Gasteiger partial charge in [-0.3, -0.25) is 9.98 Å². The molecular weight excluding hydrogens is 348 g/mol. The molecule has 1 atom stereocenters. The third kappa shape index (κ3) is 3.79. The summed E-state index contributed by atoms with van der Waals surface area (Å²) in [5.41, 5.74) is 3.59. The lowest BCUT2D eigenvalue weighted by Gasteiger charge is -2.22. The van der Waals surface area contributed by atoms with Crippen molar-refractivity contribution in [2.75, 3.05) is 27.2 Å². The summed E-state index contributed by atoms with van der Waals surface area (Å²) in [6.45, 7) is 2.69. The Morgan fingerprint density at radius 1 is 1.18 bits per heavy atom. The van der Waals surface area contributed by atoms with Gasteiger partial charge in [0, 0.05) is 44.2 Å². The molecule has 0 radical (unpaired) electrons. The number of ether oxygens (including phenoxy) is 1. The minimum atomic E-state index is 0.517. The largest absolute Gasteiger partial charge is 0.497 e. The molecule has 0 amide bonds. The summed E-state index contributed by atoms with van der Waals surface area (Å²) >= 11 is 0. The Kier molecular flexibility index (Phi) is 5.42. The summed E-state index contributed by atoms with van der Waals surface area (Å²) in [6.07, 6.45) is 2.98. The van der Waals surface area contributed by atoms with Crippen molar-refractivity contribution in [1.29, 1.82) is 0 Å². The van der Waals surface area contributed by atoms with Gasteiger partial charge in [0.1, 0.15) is 5.75 Å². The second-order valence-corrected chi connectivity index (χ2v) is 7.10. The summed E-state index contributed by atoms with van der Waals surface area (Å²) < 4.78 is 5.27. The molecule has 2 aromatic carbocycles. The molecule has 2 heterocycles. The van der Waals surface area contributed by atoms with Crippen LogP contribution in [0.15, 0.2) is 65.8 Å². The number of methoxy groups -OCH3 is 1. The first-order valence-electron chi connectivity index (χ1n) is 9.70. The Balaban J connectivity index is 1.42. The number of guanidine groups is 1. The maximum atomic E-state index is 5.27. The highest BCUT2D eigenvalue weighted by Crippen LogP contribution is 2.28. The first-order chi connectivity index (χ1) is 13.8. The molecule has 4 rings (SSSR count). The van der Waals surface area contributed by atoms with E-state index in [-0.39, 0.29) is 0 Å². The summed E-state index contributed by atoms with van der Waals surface area (Å²) in [5.74, 6) is 2.37. The normalized spacial score (nSPS) is 17.1. The number of nitrogens with one attached hydrogen (secondary N) is 1. The van der Waals surface area contributed by atoms with Crippen molar-refractivity contribution in [2.24, 2.45) is 4.99 Å². The van der Waals surface area contributed by atoms with Crippen LogP contribution < -0.4 is 10.1 Å². The van der Waals surface area contributed by atoms with Crippen molar-refractivity contribution in [3.63, 3.8) is 0 Å². The van der Waals surface area contributed by atoms with E-state index in [0.29, 0.717) is 12.5 Å². The number of para-hydroxylation sites is 1. The quantitative estimate of drug-likeness (QED) is 0.557. The number of pyridine rings is 1. The van der Waals surface area contributed by atoms with E-state index in [2.05, 4.69) is 56.6 Å². The first kappa shape index (κ1) is 18.3. The van der Waals surface area contributed by atoms with Gasteiger partial charge in [-0.1, -0.05) is 36.4 Å². The average Bonchev–Trinajstić information content (AvgIpc) is 3.24. The van der Waals surface area contributed by atoms with Crippen LogP contribution in [0.5, 0.6) is 5.75 Å². The van der Waals surface area contributed by atoms with E-state index in [9.17, 15) is 0 Å². The topological polar surface area (TPSA) is 49.8 Å². The Hall–Kier alpha value is -3.08. The number of fused-ring (bicyclic) bond motifs is 1. The fourth-order valence-electron chi connectivity index (χ4n) is 3.92. The zero-order chi connectivity index (χ0) is 19.3. The minimum absolute atomic E-state index is 0.517. The highest BCUT2D eigenvalue weighted by Gasteiger charge is 2.26. The lowest BCUT2D eigenvalue weighted by molar-refractivity contribution is 0.414. The predicted octanol–water partition coefficient (Wildman–Crippen LogP) is 3.81. The molecule has 0 bridgehead atoms. The van der Waals surface area contributed by atoms with Gasteiger partial charge in [-0.2, -0.15) is 0 Å². The molecular formula is C23H26N4O. The molecule has 144 valence electrons. The second-order valence-electron chi connectivity index (χ2n) is 7.10. The predicted molar refractivity (Wildman–Crippen MR) is 114 cm³/mol. The first-order valence-corrected chi connectivity index (χ1v) is 9.70. The number of benzene rings is 2. The highest BCUT2D eigenvalue weighted by atomic mass is 16.5. The third-order valence-electron chi connectivity index (χ3n) is 5.44. The zero-order valence-corrected chi connectivity index (χ0v) is 16.4. The molecule has 1 N–H and O–H groups in total. The molecule has 0 spiro atoms. The molecule has 1 aliphatic heterocycles. The lowest BCUT2D eigenvalue weighted by Crippen LogP contribution is -2.39. The van der Waals surface area contributed by atoms with Crippen molar-refractivity contribution in [2.45, 2.75) is 18.9 Å². The van der Waals surface area contributed by atoms with E-state index < -0.39 is 0 Å². The minimum Gasteiger partial charge on any atom is -0.497 e. The van der Waals surface area contributed by atoms with Crippen LogP contribution in [0.2, 0.25) is 0 Å². The van der Waals surface area contributed by atoms with Gasteiger partial charge in [0.25, 0.3) is 0 Å². The Labute approximate surface area is 166 Å². The zero-order valence-electron chi connectivity index (χ0n) is 16.4. The summed E-state index contributed by atoms with van der Waals surface area (Å²) in [7, 11) is 3.55. The number of aromatic nitrogens is 1. The Morgan fingerprint density at radius 3 is 2.79 bits per heavy atom. The number of nitrogens with zero attached hydrogens (tertiary/aromatic N) is 3. The number of hydrogen-bond donors (Lipinski definition) is 1. The van der Waals surface area contributed by atoms with Crippen LogP contribution >= 0.6 is 0 Å². The van der Waals surface area contributed by atoms with Gasteiger partial charge in [-0.15, -0.1) is 0 Å². The molecule has 1 unspecified atom stereocenters. The van der Waals surface area contributed by atoms with E-state index in [1.807, 2.05) is 31.4 Å². The van der Waals surface area contributed by atoms with Crippen LogP contribution in [0, 0.1) is 0 Å². The third-order valence-corrected chi connectivity index (χ3v) is 5.44. The van der Waals surface area contributed by atoms with E-state index in [1.54, 1.807) is 7.11 Å². The van der Waals surface area contributed by atoms with Crippen molar-refractivity contribution >= 4 is 16.9 Å². The van der Waals surface area contributed by atoms with Crippen molar-refractivity contribution < 1.29 is 4.74 Å². The molecule has 1 aromatic heterocycles. The SMILES string of the molecule is CN=C(NCc1cccc2cccnc12)N1CCC(c2ccc(OC)cc2)C1. The van der Waals surface area contributed by atoms with Gasteiger partial charge in [0.2, 0.25) is 0 Å². The summed E-state index contributed by atoms with van der Waals surface area (Å²) in [4.78, 5) is 11.4. The van der Waals surface area contributed by atoms with Gasteiger partial charge in [0.15, 0.2) is 5.96 Å². The fourth-order valence-corrected chi connectivity index (χ4v) is 3.92. The number of aliphatic imine (C=N–C) groups is 1. The molecule has 28 heavy (non-hydrogen) atoms. The van der Waals surface area contributed by atoms with E-state index in [4.69, 9.17) is 4.74 Å². The van der Waals surface area contributed by atoms with Crippen LogP contribution in [0.3, 0.4) is 0 Å². The van der Waals surface area contributed by atoms with Gasteiger partial charge in [0.05, 0.1) is 12.6 Å². The van der Waals surface area contributed by atoms with Crippen molar-refractivity contribution in [3.8, 4) is 5.75 Å². The lowest BCUT2D eigenvalue weighted by atomic mass is 9.98. The molecule has 1 aliphatic rings. The molecule has 0 aliphatic carbocycles. The Bertz CT molecular complexity index is 963. The van der Waals surface area contributed by atoms with E-state index >= 15 is 0 Å². The van der Waals surface area contributed by atoms with E-state index in [1.165, 1.54) is 11.1 Å². The van der Waals surface area contributed by atoms with E-state index in [0.717, 1.165) is 42.1 Å². The molecule has 5 heteroatoms. The van der Waals surface area contributed by atoms with Crippen LogP contribution in [0.4, 0.5) is 0 Å². The molecule has 3 aromatic rings. The summed E-state index contributed by atoms with van der Waals surface area (Å²) in [5, 5.41) is 4.69. The van der Waals surface area contributed by atoms with Crippen LogP contribution in [-0.2, 0) is 6.54 Å². The van der Waals surface area contributed by atoms with Gasteiger partial charge < -0.3 is 15.0 Å². The smallest absolute Gasteiger partial charge is 0.193 e. The number of rotatable bonds is 4. The highest BCUT2D eigenvalue weighted by molar-refractivity contribution is 5.83. The molecule has 1 fully saturated rings. The fraction of sp³-hybridized carbons (Fsp3) is 0.304. The van der Waals surface area contributed by atoms with Crippen molar-refractivity contribution in [1.82, 2.24) is 15.2 Å². The monoisotopic (exact) mass is 374 g/mol. The van der Waals surface area contributed by atoms with Gasteiger partial charge in [-0.25, -0.2) is 0 Å². The second kappa shape index (κ2) is 8.30. The van der Waals surface area contributed by atoms with Gasteiger partial charge >= 0.3 is 0 Å². The molecule has 1 saturated heterocycles. The number of hydrogen-bond acceptors (Lipinski definition) is 3. The van der Waals surface area contributed by atoms with Crippen LogP contribution in [-0.4, -0.2) is 43.1 Å². The standard InChI is InChI=1S/C23H26N4O/c1-24-23(26-15-19-6-3-5-18-7-4-13-25-22(18)19)27-14-12-20(16-27)17-8-10-21(28-2)11-9-17/h3-11,13,20H,12,14-16H2,1-2H3,(H,24,26). The average molecular weight is 374 g/mol. The van der Waals surface area contributed by atoms with Crippen molar-refractivity contribution in [3.05, 3.63) is 71.9 Å². The number of likely N-dealkylation sites (tertiary alicyclic amines) is 1. The molecule has 5 nitrogen and oxygen atoms in total. The maximum absolute atomic E-state index is 5.27. The maximum Gasteiger partial charge on any atom is 0.193 e. The molecule has 0 saturated carbocycles. The van der Waals surface area contributed by atoms with Crippen LogP contribution in [0.1, 0.15) is 23.5 Å². The van der Waals surface area contributed by atoms with Crippen LogP contribution in [0.25, 0.3) is 10.9 Å².